The topological polar surface area (TPSA) is 72.3 Å². The molecular formula is C21H25N5O2S. The summed E-state index contributed by atoms with van der Waals surface area (Å²) in [5.41, 5.74) is 2.23. The predicted octanol–water partition coefficient (Wildman–Crippen LogP) is 3.22. The zero-order chi connectivity index (χ0) is 20.4. The molecule has 29 heavy (non-hydrogen) atoms. The highest BCUT2D eigenvalue weighted by Gasteiger charge is 2.30. The molecule has 7 nitrogen and oxygen atoms in total. The molecule has 1 amide bonds. The van der Waals surface area contributed by atoms with E-state index in [9.17, 15) is 4.79 Å². The molecule has 1 N–H and O–H groups in total. The molecule has 3 aromatic rings. The van der Waals surface area contributed by atoms with Crippen LogP contribution in [0.3, 0.4) is 0 Å². The lowest BCUT2D eigenvalue weighted by molar-refractivity contribution is 0.0621. The molecule has 0 saturated carbocycles. The van der Waals surface area contributed by atoms with Crippen LogP contribution in [0.4, 0.5) is 0 Å². The van der Waals surface area contributed by atoms with Crippen molar-refractivity contribution in [2.75, 3.05) is 20.2 Å². The van der Waals surface area contributed by atoms with Gasteiger partial charge in [0.05, 0.1) is 13.3 Å². The highest BCUT2D eigenvalue weighted by molar-refractivity contribution is 7.13. The van der Waals surface area contributed by atoms with Gasteiger partial charge in [0.25, 0.3) is 5.91 Å². The molecule has 1 aliphatic rings. The van der Waals surface area contributed by atoms with Crippen LogP contribution in [0, 0.1) is 0 Å². The molecule has 0 bridgehead atoms. The second-order valence-electron chi connectivity index (χ2n) is 7.34. The number of nitrogens with one attached hydrogen (secondary N) is 1. The first-order chi connectivity index (χ1) is 14.1. The van der Waals surface area contributed by atoms with Crippen LogP contribution < -0.4 is 10.1 Å². The Morgan fingerprint density at radius 1 is 1.38 bits per heavy atom. The normalized spacial score (nSPS) is 16.3. The van der Waals surface area contributed by atoms with Gasteiger partial charge in [0.1, 0.15) is 22.1 Å². The summed E-state index contributed by atoms with van der Waals surface area (Å²) in [5.74, 6) is 0.739. The molecule has 152 valence electrons. The summed E-state index contributed by atoms with van der Waals surface area (Å²) >= 11 is 1.46. The van der Waals surface area contributed by atoms with E-state index >= 15 is 0 Å². The number of hydrogen-bond donors (Lipinski definition) is 1. The second kappa shape index (κ2) is 8.34. The molecule has 0 unspecified atom stereocenters. The maximum atomic E-state index is 13.1. The molecule has 0 radical (unpaired) electrons. The smallest absolute Gasteiger partial charge is 0.273 e. The van der Waals surface area contributed by atoms with Gasteiger partial charge >= 0.3 is 0 Å². The molecule has 4 rings (SSSR count). The van der Waals surface area contributed by atoms with Gasteiger partial charge in [-0.1, -0.05) is 12.1 Å². The SMILES string of the molecule is COc1ccccc1-n1cc(-c2nc(C(=O)N(C(C)C)[C@H]3CCNC3)cs2)cn1. The van der Waals surface area contributed by atoms with Crippen molar-refractivity contribution in [2.45, 2.75) is 32.4 Å². The van der Waals surface area contributed by atoms with Crippen LogP contribution in [0.15, 0.2) is 42.0 Å². The number of thiazole rings is 1. The van der Waals surface area contributed by atoms with Crippen LogP contribution in [-0.2, 0) is 0 Å². The monoisotopic (exact) mass is 411 g/mol. The number of para-hydroxylation sites is 2. The molecule has 1 fully saturated rings. The van der Waals surface area contributed by atoms with Gasteiger partial charge in [-0.25, -0.2) is 9.67 Å². The maximum Gasteiger partial charge on any atom is 0.273 e. The Balaban J connectivity index is 1.58. The van der Waals surface area contributed by atoms with Crippen molar-refractivity contribution in [3.8, 4) is 22.0 Å². The number of carbonyl (C=O) groups is 1. The van der Waals surface area contributed by atoms with Gasteiger partial charge < -0.3 is 15.0 Å². The number of nitrogens with zero attached hydrogens (tertiary/aromatic N) is 4. The number of rotatable bonds is 6. The van der Waals surface area contributed by atoms with Gasteiger partial charge in [0.15, 0.2) is 0 Å². The standard InChI is InChI=1S/C21H25N5O2S/c1-14(2)26(16-8-9-22-11-16)21(27)17-13-29-20(24-17)15-10-23-25(12-15)18-6-4-5-7-19(18)28-3/h4-7,10,12-14,16,22H,8-9,11H2,1-3H3/t16-/m0/s1. The quantitative estimate of drug-likeness (QED) is 0.674. The highest BCUT2D eigenvalue weighted by atomic mass is 32.1. The van der Waals surface area contributed by atoms with E-state index in [0.29, 0.717) is 5.69 Å². The molecule has 1 saturated heterocycles. The summed E-state index contributed by atoms with van der Waals surface area (Å²) in [6, 6.07) is 8.06. The first-order valence-corrected chi connectivity index (χ1v) is 10.6. The Labute approximate surface area is 174 Å². The fraction of sp³-hybridized carbons (Fsp3) is 0.381. The number of benzene rings is 1. The molecule has 0 spiro atoms. The average Bonchev–Trinajstić information content (AvgIpc) is 3.48. The van der Waals surface area contributed by atoms with Gasteiger partial charge in [0.2, 0.25) is 0 Å². The first-order valence-electron chi connectivity index (χ1n) is 9.76. The van der Waals surface area contributed by atoms with E-state index in [4.69, 9.17) is 4.74 Å². The van der Waals surface area contributed by atoms with E-state index < -0.39 is 0 Å². The van der Waals surface area contributed by atoms with E-state index in [1.54, 1.807) is 18.0 Å². The number of amides is 1. The van der Waals surface area contributed by atoms with Gasteiger partial charge in [-0.3, -0.25) is 4.79 Å². The lowest BCUT2D eigenvalue weighted by Gasteiger charge is -2.31. The molecule has 1 aromatic carbocycles. The number of methoxy groups -OCH3 is 1. The second-order valence-corrected chi connectivity index (χ2v) is 8.19. The van der Waals surface area contributed by atoms with Gasteiger partial charge in [-0.2, -0.15) is 5.10 Å². The molecule has 2 aromatic heterocycles. The fourth-order valence-electron chi connectivity index (χ4n) is 3.72. The summed E-state index contributed by atoms with van der Waals surface area (Å²) < 4.78 is 7.18. The molecular weight excluding hydrogens is 386 g/mol. The zero-order valence-electron chi connectivity index (χ0n) is 16.8. The van der Waals surface area contributed by atoms with Crippen molar-refractivity contribution in [2.24, 2.45) is 0 Å². The van der Waals surface area contributed by atoms with Crippen molar-refractivity contribution in [3.05, 3.63) is 47.7 Å². The third-order valence-corrected chi connectivity index (χ3v) is 5.99. The van der Waals surface area contributed by atoms with Gasteiger partial charge in [0, 0.05) is 35.8 Å². The average molecular weight is 412 g/mol. The minimum Gasteiger partial charge on any atom is -0.494 e. The largest absolute Gasteiger partial charge is 0.494 e. The first kappa shape index (κ1) is 19.6. The van der Waals surface area contributed by atoms with Crippen LogP contribution in [0.5, 0.6) is 5.75 Å². The lowest BCUT2D eigenvalue weighted by Crippen LogP contribution is -2.46. The minimum atomic E-state index is -0.00618. The molecule has 8 heteroatoms. The maximum absolute atomic E-state index is 13.1. The third-order valence-electron chi connectivity index (χ3n) is 5.10. The Morgan fingerprint density at radius 2 is 2.21 bits per heavy atom. The Bertz CT molecular complexity index is 990. The Morgan fingerprint density at radius 3 is 2.93 bits per heavy atom. The van der Waals surface area contributed by atoms with E-state index in [0.717, 1.165) is 41.5 Å². The summed E-state index contributed by atoms with van der Waals surface area (Å²) in [4.78, 5) is 19.7. The van der Waals surface area contributed by atoms with Crippen molar-refractivity contribution >= 4 is 17.2 Å². The summed E-state index contributed by atoms with van der Waals surface area (Å²) in [5, 5.41) is 10.4. The van der Waals surface area contributed by atoms with E-state index in [1.165, 1.54) is 11.3 Å². The third kappa shape index (κ3) is 3.90. The van der Waals surface area contributed by atoms with Gasteiger partial charge in [-0.15, -0.1) is 11.3 Å². The number of ether oxygens (including phenoxy) is 1. The van der Waals surface area contributed by atoms with Crippen LogP contribution in [0.1, 0.15) is 30.8 Å². The summed E-state index contributed by atoms with van der Waals surface area (Å²) in [7, 11) is 1.64. The fourth-order valence-corrected chi connectivity index (χ4v) is 4.49. The number of hydrogen-bond acceptors (Lipinski definition) is 6. The minimum absolute atomic E-state index is 0.00618. The molecule has 3 heterocycles. The van der Waals surface area contributed by atoms with Crippen LogP contribution in [0.2, 0.25) is 0 Å². The molecule has 1 atom stereocenters. The van der Waals surface area contributed by atoms with E-state index in [2.05, 4.69) is 29.2 Å². The number of aromatic nitrogens is 3. The van der Waals surface area contributed by atoms with Crippen LogP contribution in [-0.4, -0.2) is 57.9 Å². The van der Waals surface area contributed by atoms with Crippen molar-refractivity contribution < 1.29 is 9.53 Å². The molecule has 1 aliphatic heterocycles. The van der Waals surface area contributed by atoms with E-state index in [1.807, 2.05) is 40.7 Å². The predicted molar refractivity (Wildman–Crippen MR) is 114 cm³/mol. The van der Waals surface area contributed by atoms with Crippen molar-refractivity contribution in [3.63, 3.8) is 0 Å². The summed E-state index contributed by atoms with van der Waals surface area (Å²) in [6.07, 6.45) is 4.65. The van der Waals surface area contributed by atoms with Crippen molar-refractivity contribution in [1.82, 2.24) is 25.0 Å². The van der Waals surface area contributed by atoms with E-state index in [-0.39, 0.29) is 18.0 Å². The Kier molecular flexibility index (Phi) is 5.64. The van der Waals surface area contributed by atoms with Gasteiger partial charge in [-0.05, 0) is 38.9 Å². The molecule has 0 aliphatic carbocycles. The summed E-state index contributed by atoms with van der Waals surface area (Å²) in [6.45, 7) is 5.90. The highest BCUT2D eigenvalue weighted by Crippen LogP contribution is 2.28. The zero-order valence-corrected chi connectivity index (χ0v) is 17.6. The van der Waals surface area contributed by atoms with Crippen LogP contribution >= 0.6 is 11.3 Å². The van der Waals surface area contributed by atoms with Crippen molar-refractivity contribution in [1.29, 1.82) is 0 Å². The number of carbonyl (C=O) groups excluding carboxylic acids is 1. The van der Waals surface area contributed by atoms with Crippen LogP contribution in [0.25, 0.3) is 16.3 Å². The lowest BCUT2D eigenvalue weighted by atomic mass is 10.1. The Hall–Kier alpha value is -2.71.